The Balaban J connectivity index is 1.66. The van der Waals surface area contributed by atoms with Crippen LogP contribution in [0.25, 0.3) is 0 Å². The van der Waals surface area contributed by atoms with Crippen molar-refractivity contribution in [2.75, 3.05) is 21.6 Å². The number of nitrogens with one attached hydrogen (secondary N) is 1. The monoisotopic (exact) mass is 445 g/mol. The summed E-state index contributed by atoms with van der Waals surface area (Å²) in [5, 5.41) is 11.6. The summed E-state index contributed by atoms with van der Waals surface area (Å²) in [5.74, 6) is 0.482. The predicted octanol–water partition coefficient (Wildman–Crippen LogP) is 2.82. The molecule has 8 nitrogen and oxygen atoms in total. The zero-order valence-electron chi connectivity index (χ0n) is 16.9. The van der Waals surface area contributed by atoms with Crippen molar-refractivity contribution < 1.29 is 13.2 Å². The first-order chi connectivity index (χ1) is 14.2. The number of aromatic nitrogens is 3. The maximum atomic E-state index is 12.3. The van der Waals surface area contributed by atoms with Crippen LogP contribution < -0.4 is 9.62 Å². The molecule has 0 aliphatic carbocycles. The van der Waals surface area contributed by atoms with E-state index in [1.165, 1.54) is 16.1 Å². The van der Waals surface area contributed by atoms with Crippen LogP contribution >= 0.6 is 11.8 Å². The van der Waals surface area contributed by atoms with Crippen LogP contribution in [0.4, 0.5) is 11.4 Å². The van der Waals surface area contributed by atoms with Gasteiger partial charge >= 0.3 is 0 Å². The average molecular weight is 446 g/mol. The number of benzene rings is 2. The number of thioether (sulfide) groups is 1. The van der Waals surface area contributed by atoms with Gasteiger partial charge in [-0.15, -0.1) is 10.2 Å². The Hall–Kier alpha value is -2.85. The van der Waals surface area contributed by atoms with E-state index in [1.54, 1.807) is 35.9 Å². The summed E-state index contributed by atoms with van der Waals surface area (Å²) in [6.07, 6.45) is 1.15. The minimum atomic E-state index is -3.51. The molecular weight excluding hydrogens is 422 g/mol. The number of carbonyl (C=O) groups excluding carboxylic acids is 1. The van der Waals surface area contributed by atoms with E-state index in [0.717, 1.165) is 17.5 Å². The van der Waals surface area contributed by atoms with E-state index in [9.17, 15) is 13.2 Å². The third-order valence-corrected chi connectivity index (χ3v) is 6.48. The summed E-state index contributed by atoms with van der Waals surface area (Å²) >= 11 is 1.24. The molecule has 0 spiro atoms. The third-order valence-electron chi connectivity index (χ3n) is 4.32. The summed E-state index contributed by atoms with van der Waals surface area (Å²) in [6.45, 7) is 2.03. The zero-order valence-corrected chi connectivity index (χ0v) is 18.6. The summed E-state index contributed by atoms with van der Waals surface area (Å²) in [7, 11) is -1.75. The number of amides is 1. The van der Waals surface area contributed by atoms with E-state index < -0.39 is 10.0 Å². The van der Waals surface area contributed by atoms with E-state index >= 15 is 0 Å². The first kappa shape index (κ1) is 21.8. The van der Waals surface area contributed by atoms with Crippen LogP contribution in [0.1, 0.15) is 11.4 Å². The van der Waals surface area contributed by atoms with Gasteiger partial charge in [0.05, 0.1) is 24.2 Å². The maximum Gasteiger partial charge on any atom is 0.234 e. The number of hydrogen-bond donors (Lipinski definition) is 1. The molecule has 0 saturated heterocycles. The lowest BCUT2D eigenvalue weighted by Crippen LogP contribution is -2.30. The molecule has 1 heterocycles. The lowest BCUT2D eigenvalue weighted by atomic mass is 10.2. The molecule has 0 radical (unpaired) electrons. The number of aryl methyl sites for hydroxylation is 1. The molecule has 3 aromatic rings. The normalized spacial score (nSPS) is 11.3. The highest BCUT2D eigenvalue weighted by Crippen LogP contribution is 2.22. The van der Waals surface area contributed by atoms with Gasteiger partial charge < -0.3 is 9.88 Å². The number of carbonyl (C=O) groups is 1. The first-order valence-corrected chi connectivity index (χ1v) is 12.0. The molecule has 3 rings (SSSR count). The van der Waals surface area contributed by atoms with Gasteiger partial charge in [0.2, 0.25) is 15.9 Å². The van der Waals surface area contributed by atoms with Crippen molar-refractivity contribution in [2.45, 2.75) is 18.6 Å². The van der Waals surface area contributed by atoms with Gasteiger partial charge in [0.25, 0.3) is 0 Å². The SMILES string of the molecule is Cc1ccc(NC(=O)CSc2nnc(CN(c3ccccc3)S(C)(=O)=O)n2C)cc1. The minimum absolute atomic E-state index is 0.0441. The quantitative estimate of drug-likeness (QED) is 0.536. The number of para-hydroxylation sites is 1. The lowest BCUT2D eigenvalue weighted by Gasteiger charge is -2.21. The Morgan fingerprint density at radius 2 is 1.77 bits per heavy atom. The van der Waals surface area contributed by atoms with Crippen molar-refractivity contribution in [2.24, 2.45) is 7.05 Å². The molecular formula is C20H23N5O3S2. The second-order valence-electron chi connectivity index (χ2n) is 6.77. The fourth-order valence-corrected chi connectivity index (χ4v) is 4.28. The predicted molar refractivity (Wildman–Crippen MR) is 119 cm³/mol. The highest BCUT2D eigenvalue weighted by atomic mass is 32.2. The van der Waals surface area contributed by atoms with E-state index in [2.05, 4.69) is 15.5 Å². The summed E-state index contributed by atoms with van der Waals surface area (Å²) in [4.78, 5) is 12.2. The molecule has 1 N–H and O–H groups in total. The minimum Gasteiger partial charge on any atom is -0.325 e. The second kappa shape index (κ2) is 9.31. The summed E-state index contributed by atoms with van der Waals surface area (Å²) < 4.78 is 27.5. The molecule has 0 bridgehead atoms. The summed E-state index contributed by atoms with van der Waals surface area (Å²) in [5.41, 5.74) is 2.40. The fraction of sp³-hybridized carbons (Fsp3) is 0.250. The Kier molecular flexibility index (Phi) is 6.78. The van der Waals surface area contributed by atoms with Crippen LogP contribution in [0, 0.1) is 6.92 Å². The number of hydrogen-bond acceptors (Lipinski definition) is 6. The van der Waals surface area contributed by atoms with Crippen LogP contribution in [0.3, 0.4) is 0 Å². The van der Waals surface area contributed by atoms with Crippen molar-refractivity contribution in [3.63, 3.8) is 0 Å². The average Bonchev–Trinajstić information content (AvgIpc) is 3.05. The molecule has 0 aliphatic heterocycles. The second-order valence-corrected chi connectivity index (χ2v) is 9.62. The maximum absolute atomic E-state index is 12.3. The number of sulfonamides is 1. The zero-order chi connectivity index (χ0) is 21.7. The van der Waals surface area contributed by atoms with E-state index in [1.807, 2.05) is 37.3 Å². The molecule has 2 aromatic carbocycles. The van der Waals surface area contributed by atoms with Gasteiger partial charge in [0.15, 0.2) is 11.0 Å². The Labute approximate surface area is 180 Å². The molecule has 10 heteroatoms. The van der Waals surface area contributed by atoms with Crippen molar-refractivity contribution in [1.29, 1.82) is 0 Å². The van der Waals surface area contributed by atoms with Crippen LogP contribution in [0.2, 0.25) is 0 Å². The van der Waals surface area contributed by atoms with Gasteiger partial charge in [-0.2, -0.15) is 0 Å². The van der Waals surface area contributed by atoms with Gasteiger partial charge in [-0.3, -0.25) is 9.10 Å². The number of rotatable bonds is 8. The van der Waals surface area contributed by atoms with E-state index in [0.29, 0.717) is 16.7 Å². The molecule has 1 amide bonds. The molecule has 158 valence electrons. The van der Waals surface area contributed by atoms with Gasteiger partial charge in [-0.05, 0) is 31.2 Å². The van der Waals surface area contributed by atoms with Gasteiger partial charge in [-0.25, -0.2) is 8.42 Å². The highest BCUT2D eigenvalue weighted by Gasteiger charge is 2.21. The molecule has 30 heavy (non-hydrogen) atoms. The van der Waals surface area contributed by atoms with Crippen LogP contribution in [0.15, 0.2) is 59.8 Å². The molecule has 0 unspecified atom stereocenters. The number of nitrogens with zero attached hydrogens (tertiary/aromatic N) is 4. The van der Waals surface area contributed by atoms with Gasteiger partial charge in [0.1, 0.15) is 0 Å². The Bertz CT molecular complexity index is 1110. The molecule has 0 fully saturated rings. The van der Waals surface area contributed by atoms with Crippen LogP contribution in [0.5, 0.6) is 0 Å². The molecule has 1 aromatic heterocycles. The first-order valence-electron chi connectivity index (χ1n) is 9.14. The van der Waals surface area contributed by atoms with Crippen LogP contribution in [-0.4, -0.2) is 41.1 Å². The highest BCUT2D eigenvalue weighted by molar-refractivity contribution is 7.99. The van der Waals surface area contributed by atoms with Crippen molar-refractivity contribution in [3.8, 4) is 0 Å². The topological polar surface area (TPSA) is 97.2 Å². The van der Waals surface area contributed by atoms with Crippen molar-refractivity contribution in [1.82, 2.24) is 14.8 Å². The molecule has 0 atom stereocenters. The van der Waals surface area contributed by atoms with Gasteiger partial charge in [0, 0.05) is 12.7 Å². The van der Waals surface area contributed by atoms with Crippen molar-refractivity contribution >= 4 is 39.1 Å². The Morgan fingerprint density at radius 3 is 2.40 bits per heavy atom. The largest absolute Gasteiger partial charge is 0.325 e. The van der Waals surface area contributed by atoms with Crippen LogP contribution in [-0.2, 0) is 28.4 Å². The number of anilines is 2. The third kappa shape index (κ3) is 5.61. The van der Waals surface area contributed by atoms with Crippen molar-refractivity contribution in [3.05, 3.63) is 66.0 Å². The van der Waals surface area contributed by atoms with Gasteiger partial charge in [-0.1, -0.05) is 47.7 Å². The summed E-state index contributed by atoms with van der Waals surface area (Å²) in [6, 6.07) is 16.4. The Morgan fingerprint density at radius 1 is 1.10 bits per heavy atom. The molecule has 0 saturated carbocycles. The standard InChI is InChI=1S/C20H23N5O3S2/c1-15-9-11-16(12-10-15)21-19(26)14-29-20-23-22-18(24(20)2)13-25(30(3,27)28)17-7-5-4-6-8-17/h4-12H,13-14H2,1-3H3,(H,21,26). The molecule has 0 aliphatic rings. The van der Waals surface area contributed by atoms with E-state index in [-0.39, 0.29) is 18.2 Å². The van der Waals surface area contributed by atoms with E-state index in [4.69, 9.17) is 0 Å². The fourth-order valence-electron chi connectivity index (χ4n) is 2.70. The lowest BCUT2D eigenvalue weighted by molar-refractivity contribution is -0.113. The smallest absolute Gasteiger partial charge is 0.234 e.